The third-order valence-corrected chi connectivity index (χ3v) is 5.78. The number of carbonyl (C=O) groups is 4. The topological polar surface area (TPSA) is 98.8 Å². The van der Waals surface area contributed by atoms with Crippen LogP contribution in [0.1, 0.15) is 53.3 Å². The number of halogens is 2. The van der Waals surface area contributed by atoms with Gasteiger partial charge in [-0.05, 0) is 44.0 Å². The van der Waals surface area contributed by atoms with Gasteiger partial charge in [0, 0.05) is 31.2 Å². The van der Waals surface area contributed by atoms with Gasteiger partial charge in [0.15, 0.2) is 0 Å². The molecule has 164 valence electrons. The predicted octanol–water partition coefficient (Wildman–Crippen LogP) is 1.51. The minimum absolute atomic E-state index is 0. The molecule has 0 radical (unpaired) electrons. The van der Waals surface area contributed by atoms with Crippen LogP contribution in [-0.4, -0.2) is 60.2 Å². The number of benzene rings is 1. The molecular formula is C20H26Cl2N4O4. The molecule has 3 aliphatic rings. The van der Waals surface area contributed by atoms with Gasteiger partial charge in [-0.1, -0.05) is 6.92 Å². The molecule has 2 fully saturated rings. The smallest absolute Gasteiger partial charge is 0.262 e. The number of piperidine rings is 2. The molecule has 10 heteroatoms. The molecule has 4 rings (SSSR count). The Hall–Kier alpha value is -2.16. The van der Waals surface area contributed by atoms with Gasteiger partial charge in [-0.2, -0.15) is 0 Å². The maximum atomic E-state index is 12.9. The van der Waals surface area contributed by atoms with Crippen molar-refractivity contribution in [2.24, 2.45) is 0 Å². The first-order valence-corrected chi connectivity index (χ1v) is 9.83. The van der Waals surface area contributed by atoms with Gasteiger partial charge in [0.1, 0.15) is 6.04 Å². The Morgan fingerprint density at radius 3 is 2.30 bits per heavy atom. The number of rotatable bonds is 4. The van der Waals surface area contributed by atoms with E-state index in [0.717, 1.165) is 43.1 Å². The fourth-order valence-corrected chi connectivity index (χ4v) is 4.29. The van der Waals surface area contributed by atoms with Gasteiger partial charge in [0.25, 0.3) is 11.8 Å². The molecule has 0 aromatic heterocycles. The Morgan fingerprint density at radius 2 is 1.67 bits per heavy atom. The molecule has 4 amide bonds. The number of carbonyl (C=O) groups excluding carboxylic acids is 4. The van der Waals surface area contributed by atoms with Crippen LogP contribution in [0.3, 0.4) is 0 Å². The summed E-state index contributed by atoms with van der Waals surface area (Å²) in [7, 11) is 0. The lowest BCUT2D eigenvalue weighted by molar-refractivity contribution is -0.136. The highest BCUT2D eigenvalue weighted by molar-refractivity contribution is 6.23. The third kappa shape index (κ3) is 4.31. The molecule has 0 aliphatic carbocycles. The summed E-state index contributed by atoms with van der Waals surface area (Å²) in [6, 6.07) is 4.89. The summed E-state index contributed by atoms with van der Waals surface area (Å²) < 4.78 is 0. The molecular weight excluding hydrogens is 431 g/mol. The molecule has 1 aromatic rings. The lowest BCUT2D eigenvalue weighted by atomic mass is 10.0. The summed E-state index contributed by atoms with van der Waals surface area (Å²) in [5.41, 5.74) is 1.57. The Morgan fingerprint density at radius 1 is 1.00 bits per heavy atom. The molecule has 8 nitrogen and oxygen atoms in total. The van der Waals surface area contributed by atoms with Crippen molar-refractivity contribution in [3.05, 3.63) is 29.3 Å². The number of hydrogen-bond acceptors (Lipinski definition) is 6. The van der Waals surface area contributed by atoms with Gasteiger partial charge in [0.2, 0.25) is 11.8 Å². The number of nitrogens with zero attached hydrogens (tertiary/aromatic N) is 2. The monoisotopic (exact) mass is 456 g/mol. The summed E-state index contributed by atoms with van der Waals surface area (Å²) in [5.74, 6) is -1.89. The second-order valence-electron chi connectivity index (χ2n) is 7.50. The summed E-state index contributed by atoms with van der Waals surface area (Å²) >= 11 is 0. The van der Waals surface area contributed by atoms with Crippen molar-refractivity contribution < 1.29 is 19.2 Å². The minimum Gasteiger partial charge on any atom is -0.371 e. The zero-order valence-electron chi connectivity index (χ0n) is 16.7. The molecule has 0 bridgehead atoms. The highest BCUT2D eigenvalue weighted by Crippen LogP contribution is 2.31. The maximum Gasteiger partial charge on any atom is 0.262 e. The van der Waals surface area contributed by atoms with E-state index in [2.05, 4.69) is 22.5 Å². The Balaban J connectivity index is 0.00000160. The first-order chi connectivity index (χ1) is 13.5. The number of fused-ring (bicyclic) bond motifs is 1. The maximum absolute atomic E-state index is 12.9. The normalized spacial score (nSPS) is 21.7. The number of anilines is 1. The fraction of sp³-hybridized carbons (Fsp3) is 0.500. The molecule has 2 N–H and O–H groups in total. The molecule has 1 aromatic carbocycles. The van der Waals surface area contributed by atoms with E-state index >= 15 is 0 Å². The lowest BCUT2D eigenvalue weighted by Gasteiger charge is -2.34. The second-order valence-corrected chi connectivity index (χ2v) is 7.50. The van der Waals surface area contributed by atoms with E-state index in [1.54, 1.807) is 12.1 Å². The summed E-state index contributed by atoms with van der Waals surface area (Å²) in [6.45, 7) is 4.82. The highest BCUT2D eigenvalue weighted by Gasteiger charge is 2.44. The van der Waals surface area contributed by atoms with E-state index < -0.39 is 23.8 Å². The van der Waals surface area contributed by atoms with Crippen LogP contribution >= 0.6 is 24.8 Å². The molecule has 0 saturated carbocycles. The lowest BCUT2D eigenvalue weighted by Crippen LogP contribution is -2.54. The van der Waals surface area contributed by atoms with Gasteiger partial charge >= 0.3 is 0 Å². The van der Waals surface area contributed by atoms with Crippen LogP contribution in [0.2, 0.25) is 0 Å². The van der Waals surface area contributed by atoms with Crippen molar-refractivity contribution in [1.29, 1.82) is 0 Å². The molecule has 3 aliphatic heterocycles. The van der Waals surface area contributed by atoms with Crippen molar-refractivity contribution >= 4 is 54.1 Å². The van der Waals surface area contributed by atoms with Crippen LogP contribution in [0.15, 0.2) is 18.2 Å². The van der Waals surface area contributed by atoms with Crippen LogP contribution in [-0.2, 0) is 9.59 Å². The van der Waals surface area contributed by atoms with E-state index in [1.165, 1.54) is 0 Å². The molecule has 1 unspecified atom stereocenters. The van der Waals surface area contributed by atoms with Crippen molar-refractivity contribution in [3.8, 4) is 0 Å². The quantitative estimate of drug-likeness (QED) is 0.666. The number of imide groups is 2. The standard InChI is InChI=1S/C20H24N4O4.2ClH/c1-2-21-12-7-9-23(10-8-12)13-3-4-14-15(11-13)20(28)24(19(14)27)16-5-6-17(25)22-18(16)26;;/h3-4,11-12,16,21H,2,5-10H2,1H3,(H,22,25,26);2*1H. The van der Waals surface area contributed by atoms with E-state index in [0.29, 0.717) is 17.2 Å². The van der Waals surface area contributed by atoms with E-state index in [9.17, 15) is 19.2 Å². The highest BCUT2D eigenvalue weighted by atomic mass is 35.5. The van der Waals surface area contributed by atoms with E-state index in [-0.39, 0.29) is 43.6 Å². The average molecular weight is 457 g/mol. The molecule has 30 heavy (non-hydrogen) atoms. The van der Waals surface area contributed by atoms with Crippen molar-refractivity contribution in [2.75, 3.05) is 24.5 Å². The SMILES string of the molecule is CCNC1CCN(c2ccc3c(c2)C(=O)N(C2CCC(=O)NC2=O)C3=O)CC1.Cl.Cl. The van der Waals surface area contributed by atoms with Crippen LogP contribution in [0, 0.1) is 0 Å². The predicted molar refractivity (Wildman–Crippen MR) is 117 cm³/mol. The summed E-state index contributed by atoms with van der Waals surface area (Å²) in [5, 5.41) is 5.68. The zero-order valence-corrected chi connectivity index (χ0v) is 18.3. The minimum atomic E-state index is -0.926. The first-order valence-electron chi connectivity index (χ1n) is 9.83. The molecule has 1 atom stereocenters. The second kappa shape index (κ2) is 9.76. The summed E-state index contributed by atoms with van der Waals surface area (Å²) in [4.78, 5) is 52.4. The Bertz CT molecular complexity index is 855. The average Bonchev–Trinajstić information content (AvgIpc) is 2.93. The Kier molecular flexibility index (Phi) is 7.85. The van der Waals surface area contributed by atoms with Gasteiger partial charge in [0.05, 0.1) is 11.1 Å². The number of hydrogen-bond donors (Lipinski definition) is 2. The van der Waals surface area contributed by atoms with Gasteiger partial charge in [-0.25, -0.2) is 0 Å². The van der Waals surface area contributed by atoms with E-state index in [4.69, 9.17) is 0 Å². The van der Waals surface area contributed by atoms with Gasteiger partial charge < -0.3 is 10.2 Å². The third-order valence-electron chi connectivity index (χ3n) is 5.78. The largest absolute Gasteiger partial charge is 0.371 e. The number of nitrogens with one attached hydrogen (secondary N) is 2. The van der Waals surface area contributed by atoms with Crippen molar-refractivity contribution in [2.45, 2.75) is 44.7 Å². The van der Waals surface area contributed by atoms with Gasteiger partial charge in [-0.3, -0.25) is 29.4 Å². The van der Waals surface area contributed by atoms with Crippen molar-refractivity contribution in [3.63, 3.8) is 0 Å². The van der Waals surface area contributed by atoms with Crippen molar-refractivity contribution in [1.82, 2.24) is 15.5 Å². The number of amides is 4. The van der Waals surface area contributed by atoms with E-state index in [1.807, 2.05) is 6.07 Å². The summed E-state index contributed by atoms with van der Waals surface area (Å²) in [6.07, 6.45) is 2.34. The zero-order chi connectivity index (χ0) is 19.8. The Labute approximate surface area is 187 Å². The molecule has 2 saturated heterocycles. The van der Waals surface area contributed by atoms with Crippen LogP contribution in [0.5, 0.6) is 0 Å². The molecule has 0 spiro atoms. The van der Waals surface area contributed by atoms with Crippen LogP contribution in [0.25, 0.3) is 0 Å². The first kappa shape index (κ1) is 24.1. The van der Waals surface area contributed by atoms with Crippen LogP contribution in [0.4, 0.5) is 5.69 Å². The molecule has 3 heterocycles. The fourth-order valence-electron chi connectivity index (χ4n) is 4.29. The van der Waals surface area contributed by atoms with Gasteiger partial charge in [-0.15, -0.1) is 24.8 Å². The van der Waals surface area contributed by atoms with Crippen LogP contribution < -0.4 is 15.5 Å².